The van der Waals surface area contributed by atoms with E-state index in [4.69, 9.17) is 5.11 Å². The van der Waals surface area contributed by atoms with Crippen LogP contribution < -0.4 is 5.32 Å². The Balaban J connectivity index is 1.81. The number of piperazine rings is 1. The van der Waals surface area contributed by atoms with Crippen LogP contribution in [0.5, 0.6) is 0 Å². The summed E-state index contributed by atoms with van der Waals surface area (Å²) in [6.45, 7) is 4.01. The van der Waals surface area contributed by atoms with Crippen molar-refractivity contribution < 1.29 is 19.5 Å². The van der Waals surface area contributed by atoms with Gasteiger partial charge in [-0.05, 0) is 24.1 Å². The lowest BCUT2D eigenvalue weighted by atomic mass is 10.1. The Morgan fingerprint density at radius 1 is 1.04 bits per heavy atom. The Bertz CT molecular complexity index is 592. The van der Waals surface area contributed by atoms with E-state index in [-0.39, 0.29) is 24.9 Å². The number of hydrogen-bond acceptors (Lipinski definition) is 3. The molecular weight excluding hydrogens is 310 g/mol. The van der Waals surface area contributed by atoms with Crippen LogP contribution in [0.3, 0.4) is 0 Å². The van der Waals surface area contributed by atoms with E-state index in [9.17, 15) is 14.4 Å². The van der Waals surface area contributed by atoms with Crippen LogP contribution >= 0.6 is 0 Å². The fraction of sp³-hybridized carbons (Fsp3) is 0.471. The van der Waals surface area contributed by atoms with Crippen molar-refractivity contribution in [3.63, 3.8) is 0 Å². The molecular formula is C17H23N3O4. The van der Waals surface area contributed by atoms with E-state index >= 15 is 0 Å². The van der Waals surface area contributed by atoms with E-state index in [1.54, 1.807) is 9.80 Å². The molecule has 0 atom stereocenters. The molecule has 7 nitrogen and oxygen atoms in total. The van der Waals surface area contributed by atoms with Crippen molar-refractivity contribution in [2.45, 2.75) is 19.8 Å². The molecule has 0 aliphatic carbocycles. The van der Waals surface area contributed by atoms with Gasteiger partial charge in [-0.25, -0.2) is 4.79 Å². The Morgan fingerprint density at radius 3 is 2.17 bits per heavy atom. The molecule has 0 spiro atoms. The second-order valence-electron chi connectivity index (χ2n) is 5.71. The predicted molar refractivity (Wildman–Crippen MR) is 88.9 cm³/mol. The van der Waals surface area contributed by atoms with Gasteiger partial charge in [-0.3, -0.25) is 9.59 Å². The highest BCUT2D eigenvalue weighted by Crippen LogP contribution is 2.11. The molecule has 1 heterocycles. The molecule has 1 aliphatic rings. The second-order valence-corrected chi connectivity index (χ2v) is 5.71. The first kappa shape index (κ1) is 17.8. The molecule has 1 aromatic carbocycles. The van der Waals surface area contributed by atoms with Crippen LogP contribution in [-0.4, -0.2) is 65.5 Å². The van der Waals surface area contributed by atoms with Crippen LogP contribution in [-0.2, 0) is 11.2 Å². The van der Waals surface area contributed by atoms with Gasteiger partial charge in [-0.15, -0.1) is 0 Å². The van der Waals surface area contributed by atoms with Gasteiger partial charge in [-0.2, -0.15) is 0 Å². The molecule has 1 fully saturated rings. The number of rotatable bonds is 5. The number of hydrogen-bond donors (Lipinski definition) is 2. The highest BCUT2D eigenvalue weighted by Gasteiger charge is 2.24. The average Bonchev–Trinajstić information content (AvgIpc) is 2.61. The van der Waals surface area contributed by atoms with Crippen molar-refractivity contribution in [1.82, 2.24) is 15.1 Å². The van der Waals surface area contributed by atoms with Crippen LogP contribution in [0, 0.1) is 0 Å². The average molecular weight is 333 g/mol. The van der Waals surface area contributed by atoms with Gasteiger partial charge in [0.1, 0.15) is 0 Å². The van der Waals surface area contributed by atoms with Crippen molar-refractivity contribution in [3.8, 4) is 0 Å². The largest absolute Gasteiger partial charge is 0.481 e. The molecule has 2 rings (SSSR count). The highest BCUT2D eigenvalue weighted by molar-refractivity contribution is 5.94. The zero-order valence-corrected chi connectivity index (χ0v) is 13.8. The monoisotopic (exact) mass is 333 g/mol. The molecule has 130 valence electrons. The summed E-state index contributed by atoms with van der Waals surface area (Å²) in [5, 5.41) is 11.1. The second kappa shape index (κ2) is 8.33. The third-order valence-electron chi connectivity index (χ3n) is 4.08. The summed E-state index contributed by atoms with van der Waals surface area (Å²) < 4.78 is 0. The number of aryl methyl sites for hydroxylation is 1. The lowest BCUT2D eigenvalue weighted by Gasteiger charge is -2.34. The predicted octanol–water partition coefficient (Wildman–Crippen LogP) is 1.19. The van der Waals surface area contributed by atoms with Crippen LogP contribution in [0.1, 0.15) is 29.3 Å². The van der Waals surface area contributed by atoms with E-state index in [0.717, 1.165) is 6.42 Å². The van der Waals surface area contributed by atoms with E-state index in [0.29, 0.717) is 31.7 Å². The van der Waals surface area contributed by atoms with E-state index < -0.39 is 5.97 Å². The van der Waals surface area contributed by atoms with Gasteiger partial charge in [0.05, 0.1) is 6.42 Å². The number of urea groups is 1. The van der Waals surface area contributed by atoms with Crippen LogP contribution in [0.4, 0.5) is 4.79 Å². The molecule has 0 saturated carbocycles. The van der Waals surface area contributed by atoms with Gasteiger partial charge < -0.3 is 20.2 Å². The third-order valence-corrected chi connectivity index (χ3v) is 4.08. The topological polar surface area (TPSA) is 90.0 Å². The molecule has 0 bridgehead atoms. The summed E-state index contributed by atoms with van der Waals surface area (Å²) in [5.74, 6) is -0.969. The van der Waals surface area contributed by atoms with Crippen molar-refractivity contribution in [3.05, 3.63) is 35.4 Å². The van der Waals surface area contributed by atoms with E-state index in [1.807, 2.05) is 24.3 Å². The van der Waals surface area contributed by atoms with Gasteiger partial charge in [0.25, 0.3) is 5.91 Å². The molecule has 7 heteroatoms. The smallest absolute Gasteiger partial charge is 0.317 e. The van der Waals surface area contributed by atoms with Gasteiger partial charge in [0, 0.05) is 38.3 Å². The lowest BCUT2D eigenvalue weighted by molar-refractivity contribution is -0.136. The molecule has 0 radical (unpaired) electrons. The van der Waals surface area contributed by atoms with Gasteiger partial charge in [0.15, 0.2) is 0 Å². The summed E-state index contributed by atoms with van der Waals surface area (Å²) in [6, 6.07) is 7.31. The Hall–Kier alpha value is -2.57. The molecule has 3 amide bonds. The number of nitrogens with zero attached hydrogens (tertiary/aromatic N) is 2. The standard InChI is InChI=1S/C17H23N3O4/c1-2-13-3-5-14(6-4-13)16(23)19-9-11-20(12-10-19)17(24)18-8-7-15(21)22/h3-6H,2,7-12H2,1H3,(H,18,24)(H,21,22). The summed E-state index contributed by atoms with van der Waals surface area (Å²) in [5.41, 5.74) is 1.85. The molecule has 24 heavy (non-hydrogen) atoms. The first-order valence-electron chi connectivity index (χ1n) is 8.14. The summed E-state index contributed by atoms with van der Waals surface area (Å²) in [7, 11) is 0. The van der Waals surface area contributed by atoms with Crippen LogP contribution in [0.15, 0.2) is 24.3 Å². The zero-order chi connectivity index (χ0) is 17.5. The summed E-state index contributed by atoms with van der Waals surface area (Å²) in [6.07, 6.45) is 0.835. The van der Waals surface area contributed by atoms with Crippen molar-refractivity contribution in [2.24, 2.45) is 0 Å². The number of carbonyl (C=O) groups is 3. The normalized spacial score (nSPS) is 14.4. The SMILES string of the molecule is CCc1ccc(C(=O)N2CCN(C(=O)NCCC(=O)O)CC2)cc1. The fourth-order valence-corrected chi connectivity index (χ4v) is 2.57. The van der Waals surface area contributed by atoms with Crippen molar-refractivity contribution in [2.75, 3.05) is 32.7 Å². The molecule has 1 aromatic rings. The molecule has 1 aliphatic heterocycles. The van der Waals surface area contributed by atoms with Gasteiger partial charge >= 0.3 is 12.0 Å². The fourth-order valence-electron chi connectivity index (χ4n) is 2.57. The molecule has 2 N–H and O–H groups in total. The molecule has 1 saturated heterocycles. The van der Waals surface area contributed by atoms with Crippen LogP contribution in [0.2, 0.25) is 0 Å². The van der Waals surface area contributed by atoms with Gasteiger partial charge in [0.2, 0.25) is 0 Å². The number of aliphatic carboxylic acids is 1. The van der Waals surface area contributed by atoms with E-state index in [1.165, 1.54) is 5.56 Å². The third kappa shape index (κ3) is 4.71. The quantitative estimate of drug-likeness (QED) is 0.847. The minimum atomic E-state index is -0.945. The minimum absolute atomic E-state index is 0.0245. The Morgan fingerprint density at radius 2 is 1.62 bits per heavy atom. The molecule has 0 unspecified atom stereocenters. The maximum absolute atomic E-state index is 12.5. The number of carboxylic acids is 1. The number of benzene rings is 1. The summed E-state index contributed by atoms with van der Waals surface area (Å²) >= 11 is 0. The first-order chi connectivity index (χ1) is 11.5. The minimum Gasteiger partial charge on any atom is -0.481 e. The van der Waals surface area contributed by atoms with Crippen molar-refractivity contribution >= 4 is 17.9 Å². The molecule has 0 aromatic heterocycles. The number of carbonyl (C=O) groups excluding carboxylic acids is 2. The highest BCUT2D eigenvalue weighted by atomic mass is 16.4. The van der Waals surface area contributed by atoms with Crippen molar-refractivity contribution in [1.29, 1.82) is 0 Å². The maximum atomic E-state index is 12.5. The zero-order valence-electron chi connectivity index (χ0n) is 13.8. The Labute approximate surface area is 141 Å². The van der Waals surface area contributed by atoms with E-state index in [2.05, 4.69) is 12.2 Å². The Kier molecular flexibility index (Phi) is 6.17. The first-order valence-corrected chi connectivity index (χ1v) is 8.14. The summed E-state index contributed by atoms with van der Waals surface area (Å²) in [4.78, 5) is 38.2. The van der Waals surface area contributed by atoms with Crippen LogP contribution in [0.25, 0.3) is 0 Å². The van der Waals surface area contributed by atoms with Gasteiger partial charge in [-0.1, -0.05) is 19.1 Å². The number of amides is 3. The number of carboxylic acid groups (broad SMARTS) is 1. The number of nitrogens with one attached hydrogen (secondary N) is 1. The lowest BCUT2D eigenvalue weighted by Crippen LogP contribution is -2.53. The maximum Gasteiger partial charge on any atom is 0.317 e.